The Morgan fingerprint density at radius 1 is 1.00 bits per heavy atom. The van der Waals surface area contributed by atoms with E-state index in [0.29, 0.717) is 43.9 Å². The third-order valence-corrected chi connectivity index (χ3v) is 6.19. The molecule has 31 heavy (non-hydrogen) atoms. The summed E-state index contributed by atoms with van der Waals surface area (Å²) < 4.78 is 7.41. The second kappa shape index (κ2) is 9.01. The lowest BCUT2D eigenvalue weighted by Gasteiger charge is -2.26. The van der Waals surface area contributed by atoms with E-state index in [2.05, 4.69) is 20.1 Å². The number of aromatic nitrogens is 4. The highest BCUT2D eigenvalue weighted by atomic mass is 16.5. The third kappa shape index (κ3) is 4.39. The number of ether oxygens (including phenoxy) is 1. The topological polar surface area (TPSA) is 85.2 Å². The maximum Gasteiger partial charge on any atom is 0.254 e. The lowest BCUT2D eigenvalue weighted by Crippen LogP contribution is -2.40. The molecule has 0 atom stereocenters. The van der Waals surface area contributed by atoms with E-state index in [1.165, 1.54) is 25.7 Å². The van der Waals surface area contributed by atoms with E-state index in [9.17, 15) is 4.79 Å². The zero-order chi connectivity index (χ0) is 21.0. The normalized spacial score (nSPS) is 18.1. The molecule has 1 saturated carbocycles. The number of benzene rings is 1. The van der Waals surface area contributed by atoms with Gasteiger partial charge in [-0.15, -0.1) is 0 Å². The Morgan fingerprint density at radius 3 is 2.48 bits per heavy atom. The van der Waals surface area contributed by atoms with E-state index < -0.39 is 0 Å². The summed E-state index contributed by atoms with van der Waals surface area (Å²) in [6, 6.07) is 7.88. The molecule has 3 aromatic rings. The molecule has 1 aliphatic heterocycles. The van der Waals surface area contributed by atoms with Crippen LogP contribution in [0.2, 0.25) is 0 Å². The molecule has 1 aliphatic carbocycles. The van der Waals surface area contributed by atoms with E-state index in [1.54, 1.807) is 0 Å². The number of hydrogen-bond acceptors (Lipinski definition) is 6. The predicted molar refractivity (Wildman–Crippen MR) is 119 cm³/mol. The lowest BCUT2D eigenvalue weighted by molar-refractivity contribution is 0.0303. The smallest absolute Gasteiger partial charge is 0.254 e. The van der Waals surface area contributed by atoms with E-state index in [0.717, 1.165) is 29.6 Å². The van der Waals surface area contributed by atoms with E-state index in [1.807, 2.05) is 41.6 Å². The second-order valence-electron chi connectivity index (χ2n) is 8.31. The molecule has 0 radical (unpaired) electrons. The molecule has 2 fully saturated rings. The molecular formula is C23H28N6O2. The maximum atomic E-state index is 12.6. The Labute approximate surface area is 181 Å². The molecule has 0 bridgehead atoms. The molecule has 1 aromatic carbocycles. The number of amides is 1. The minimum atomic E-state index is 0.0415. The molecule has 1 amide bonds. The van der Waals surface area contributed by atoms with Crippen LogP contribution in [0.1, 0.15) is 54.9 Å². The summed E-state index contributed by atoms with van der Waals surface area (Å²) >= 11 is 0. The van der Waals surface area contributed by atoms with Crippen molar-refractivity contribution in [3.8, 4) is 0 Å². The molecule has 8 nitrogen and oxygen atoms in total. The van der Waals surface area contributed by atoms with Gasteiger partial charge in [0, 0.05) is 30.5 Å². The Hall–Kier alpha value is -3.00. The summed E-state index contributed by atoms with van der Waals surface area (Å²) in [7, 11) is 0. The van der Waals surface area contributed by atoms with Gasteiger partial charge in [0.05, 0.1) is 30.8 Å². The number of rotatable bonds is 4. The van der Waals surface area contributed by atoms with Crippen LogP contribution in [0.15, 0.2) is 36.7 Å². The monoisotopic (exact) mass is 420 g/mol. The third-order valence-electron chi connectivity index (χ3n) is 6.19. The largest absolute Gasteiger partial charge is 0.378 e. The SMILES string of the molecule is O=C(c1ccc(Nc2ncc3cnn(C4CCCCCC4)c3n2)cc1)N1CCOCC1. The first-order valence-corrected chi connectivity index (χ1v) is 11.2. The predicted octanol–water partition coefficient (Wildman–Crippen LogP) is 3.94. The highest BCUT2D eigenvalue weighted by molar-refractivity contribution is 5.94. The fourth-order valence-electron chi connectivity index (χ4n) is 4.44. The van der Waals surface area contributed by atoms with Gasteiger partial charge in [0.2, 0.25) is 5.95 Å². The van der Waals surface area contributed by atoms with E-state index >= 15 is 0 Å². The Kier molecular flexibility index (Phi) is 5.80. The molecule has 8 heteroatoms. The average molecular weight is 421 g/mol. The summed E-state index contributed by atoms with van der Waals surface area (Å²) in [4.78, 5) is 23.6. The van der Waals surface area contributed by atoms with Crippen molar-refractivity contribution in [3.63, 3.8) is 0 Å². The number of anilines is 2. The second-order valence-corrected chi connectivity index (χ2v) is 8.31. The van der Waals surface area contributed by atoms with Gasteiger partial charge in [0.25, 0.3) is 5.91 Å². The molecule has 1 N–H and O–H groups in total. The van der Waals surface area contributed by atoms with Crippen LogP contribution in [-0.4, -0.2) is 56.9 Å². The molecule has 2 aliphatic rings. The van der Waals surface area contributed by atoms with Gasteiger partial charge in [-0.25, -0.2) is 9.67 Å². The Morgan fingerprint density at radius 2 is 1.74 bits per heavy atom. The van der Waals surface area contributed by atoms with Crippen LogP contribution in [0, 0.1) is 0 Å². The quantitative estimate of drug-likeness (QED) is 0.644. The summed E-state index contributed by atoms with van der Waals surface area (Å²) in [5, 5.41) is 8.84. The molecule has 3 heterocycles. The van der Waals surface area contributed by atoms with Crippen molar-refractivity contribution in [1.29, 1.82) is 0 Å². The zero-order valence-corrected chi connectivity index (χ0v) is 17.7. The number of fused-ring (bicyclic) bond motifs is 1. The van der Waals surface area contributed by atoms with Gasteiger partial charge in [-0.05, 0) is 37.1 Å². The van der Waals surface area contributed by atoms with Crippen molar-refractivity contribution in [2.45, 2.75) is 44.6 Å². The Bertz CT molecular complexity index is 1030. The summed E-state index contributed by atoms with van der Waals surface area (Å²) in [5.41, 5.74) is 2.40. The minimum Gasteiger partial charge on any atom is -0.378 e. The highest BCUT2D eigenvalue weighted by Gasteiger charge is 2.19. The van der Waals surface area contributed by atoms with Crippen molar-refractivity contribution in [3.05, 3.63) is 42.2 Å². The van der Waals surface area contributed by atoms with Crippen LogP contribution in [0.5, 0.6) is 0 Å². The number of hydrogen-bond donors (Lipinski definition) is 1. The van der Waals surface area contributed by atoms with Crippen molar-refractivity contribution < 1.29 is 9.53 Å². The lowest BCUT2D eigenvalue weighted by atomic mass is 10.1. The molecule has 0 spiro atoms. The van der Waals surface area contributed by atoms with Crippen LogP contribution in [0.3, 0.4) is 0 Å². The number of morpholine rings is 1. The molecular weight excluding hydrogens is 392 g/mol. The van der Waals surface area contributed by atoms with Crippen LogP contribution in [0.25, 0.3) is 11.0 Å². The highest BCUT2D eigenvalue weighted by Crippen LogP contribution is 2.29. The number of carbonyl (C=O) groups excluding carboxylic acids is 1. The first-order valence-electron chi connectivity index (χ1n) is 11.2. The maximum absolute atomic E-state index is 12.6. The summed E-state index contributed by atoms with van der Waals surface area (Å²) in [6.07, 6.45) is 11.1. The number of nitrogens with zero attached hydrogens (tertiary/aromatic N) is 5. The van der Waals surface area contributed by atoms with Gasteiger partial charge in [0.15, 0.2) is 5.65 Å². The van der Waals surface area contributed by atoms with Crippen molar-refractivity contribution in [1.82, 2.24) is 24.6 Å². The van der Waals surface area contributed by atoms with Crippen LogP contribution in [0.4, 0.5) is 11.6 Å². The first-order chi connectivity index (χ1) is 15.3. The standard InChI is InChI=1S/C23H28N6O2/c30-22(28-11-13-31-14-12-28)17-7-9-19(10-8-17)26-23-24-15-18-16-25-29(21(18)27-23)20-5-3-1-2-4-6-20/h7-10,15-16,20H,1-6,11-14H2,(H,24,26,27). The minimum absolute atomic E-state index is 0.0415. The van der Waals surface area contributed by atoms with Crippen molar-refractivity contribution in [2.75, 3.05) is 31.6 Å². The molecule has 1 saturated heterocycles. The van der Waals surface area contributed by atoms with Gasteiger partial charge >= 0.3 is 0 Å². The molecule has 162 valence electrons. The zero-order valence-electron chi connectivity index (χ0n) is 17.7. The van der Waals surface area contributed by atoms with Gasteiger partial charge in [-0.1, -0.05) is 25.7 Å². The average Bonchev–Trinajstić information content (AvgIpc) is 3.04. The van der Waals surface area contributed by atoms with Gasteiger partial charge in [-0.3, -0.25) is 4.79 Å². The van der Waals surface area contributed by atoms with Crippen LogP contribution >= 0.6 is 0 Å². The van der Waals surface area contributed by atoms with Gasteiger partial charge < -0.3 is 15.0 Å². The molecule has 0 unspecified atom stereocenters. The summed E-state index contributed by atoms with van der Waals surface area (Å²) in [5.74, 6) is 0.579. The fourth-order valence-corrected chi connectivity index (χ4v) is 4.44. The first kappa shape index (κ1) is 19.9. The van der Waals surface area contributed by atoms with Crippen LogP contribution in [-0.2, 0) is 4.74 Å². The van der Waals surface area contributed by atoms with Gasteiger partial charge in [-0.2, -0.15) is 10.1 Å². The van der Waals surface area contributed by atoms with E-state index in [-0.39, 0.29) is 5.91 Å². The molecule has 5 rings (SSSR count). The van der Waals surface area contributed by atoms with E-state index in [4.69, 9.17) is 9.72 Å². The molecule has 2 aromatic heterocycles. The van der Waals surface area contributed by atoms with Crippen LogP contribution < -0.4 is 5.32 Å². The Balaban J connectivity index is 1.32. The van der Waals surface area contributed by atoms with Gasteiger partial charge in [0.1, 0.15) is 0 Å². The van der Waals surface area contributed by atoms with Crippen molar-refractivity contribution in [2.24, 2.45) is 0 Å². The van der Waals surface area contributed by atoms with Crippen molar-refractivity contribution >= 4 is 28.6 Å². The summed E-state index contributed by atoms with van der Waals surface area (Å²) in [6.45, 7) is 2.48. The number of carbonyl (C=O) groups is 1. The number of nitrogens with one attached hydrogen (secondary N) is 1. The fraction of sp³-hybridized carbons (Fsp3) is 0.478.